The van der Waals surface area contributed by atoms with Gasteiger partial charge in [0.05, 0.1) is 30.6 Å². The van der Waals surface area contributed by atoms with Crippen LogP contribution in [0.2, 0.25) is 0 Å². The van der Waals surface area contributed by atoms with E-state index in [1.807, 2.05) is 13.8 Å². The molecular weight excluding hydrogens is 262 g/mol. The second kappa shape index (κ2) is 6.62. The average molecular weight is 283 g/mol. The van der Waals surface area contributed by atoms with Crippen molar-refractivity contribution in [1.82, 2.24) is 9.97 Å². The number of hydrogen-bond acceptors (Lipinski definition) is 6. The monoisotopic (exact) mass is 283 g/mol. The number of carboxylic acids is 1. The molecule has 7 heteroatoms. The number of carbonyl (C=O) groups is 1. The number of anilines is 1. The number of nitrogens with zero attached hydrogens (tertiary/aromatic N) is 2. The van der Waals surface area contributed by atoms with Gasteiger partial charge < -0.3 is 20.6 Å². The zero-order chi connectivity index (χ0) is 15.3. The van der Waals surface area contributed by atoms with E-state index in [1.54, 1.807) is 6.92 Å². The van der Waals surface area contributed by atoms with Crippen molar-refractivity contribution in [2.45, 2.75) is 38.6 Å². The number of hydrogen-bond donors (Lipinski definition) is 4. The number of rotatable bonds is 7. The molecule has 112 valence electrons. The van der Waals surface area contributed by atoms with Gasteiger partial charge in [-0.05, 0) is 6.42 Å². The summed E-state index contributed by atoms with van der Waals surface area (Å²) in [6.07, 6.45) is 1.80. The van der Waals surface area contributed by atoms with E-state index < -0.39 is 11.5 Å². The average Bonchev–Trinajstić information content (AvgIpc) is 2.44. The zero-order valence-corrected chi connectivity index (χ0v) is 11.9. The molecule has 1 aromatic heterocycles. The van der Waals surface area contributed by atoms with Crippen molar-refractivity contribution in [1.29, 1.82) is 0 Å². The third kappa shape index (κ3) is 3.43. The van der Waals surface area contributed by atoms with E-state index in [4.69, 9.17) is 0 Å². The lowest BCUT2D eigenvalue weighted by molar-refractivity contribution is 0.0690. The smallest absolute Gasteiger partial charge is 0.356 e. The molecule has 7 nitrogen and oxygen atoms in total. The maximum absolute atomic E-state index is 11.3. The normalized spacial score (nSPS) is 11.7. The van der Waals surface area contributed by atoms with Gasteiger partial charge in [-0.2, -0.15) is 0 Å². The first-order valence-corrected chi connectivity index (χ1v) is 6.49. The molecule has 0 saturated carbocycles. The topological polar surface area (TPSA) is 116 Å². The summed E-state index contributed by atoms with van der Waals surface area (Å²) < 4.78 is 0. The number of aliphatic hydroxyl groups excluding tert-OH is 2. The van der Waals surface area contributed by atoms with E-state index in [-0.39, 0.29) is 30.5 Å². The van der Waals surface area contributed by atoms with Crippen LogP contribution >= 0.6 is 0 Å². The van der Waals surface area contributed by atoms with Gasteiger partial charge in [-0.1, -0.05) is 20.8 Å². The molecule has 1 rings (SSSR count). The maximum atomic E-state index is 11.3. The Kier molecular flexibility index (Phi) is 5.41. The second-order valence-electron chi connectivity index (χ2n) is 5.03. The van der Waals surface area contributed by atoms with Gasteiger partial charge in [-0.3, -0.25) is 0 Å². The first-order chi connectivity index (χ1) is 9.39. The third-order valence-electron chi connectivity index (χ3n) is 3.21. The molecule has 0 radical (unpaired) electrons. The Morgan fingerprint density at radius 1 is 1.40 bits per heavy atom. The third-order valence-corrected chi connectivity index (χ3v) is 3.21. The fourth-order valence-electron chi connectivity index (χ4n) is 1.65. The standard InChI is InChI=1S/C13H21N3O4/c1-4-13(6-17,7-18)16-9-5-14-11(8(2)3)15-10(9)12(19)20/h5,8,16-18H,4,6-7H2,1-3H3,(H,19,20). The molecule has 0 unspecified atom stereocenters. The molecule has 0 fully saturated rings. The minimum absolute atomic E-state index is 0.00812. The van der Waals surface area contributed by atoms with Crippen LogP contribution in [0, 0.1) is 0 Å². The van der Waals surface area contributed by atoms with Gasteiger partial charge in [0.25, 0.3) is 0 Å². The molecule has 4 N–H and O–H groups in total. The van der Waals surface area contributed by atoms with Crippen LogP contribution in [0.5, 0.6) is 0 Å². The molecule has 1 aromatic rings. The van der Waals surface area contributed by atoms with Crippen LogP contribution in [0.15, 0.2) is 6.20 Å². The zero-order valence-electron chi connectivity index (χ0n) is 11.9. The Hall–Kier alpha value is -1.73. The highest BCUT2D eigenvalue weighted by molar-refractivity contribution is 5.91. The molecule has 20 heavy (non-hydrogen) atoms. The predicted molar refractivity (Wildman–Crippen MR) is 73.9 cm³/mol. The molecule has 0 aliphatic carbocycles. The lowest BCUT2D eigenvalue weighted by atomic mass is 9.98. The Morgan fingerprint density at radius 3 is 2.40 bits per heavy atom. The van der Waals surface area contributed by atoms with E-state index >= 15 is 0 Å². The van der Waals surface area contributed by atoms with Gasteiger partial charge in [-0.25, -0.2) is 14.8 Å². The summed E-state index contributed by atoms with van der Waals surface area (Å²) in [4.78, 5) is 19.4. The minimum atomic E-state index is -1.18. The first-order valence-electron chi connectivity index (χ1n) is 6.49. The molecule has 0 aromatic carbocycles. The summed E-state index contributed by atoms with van der Waals surface area (Å²) in [5.74, 6) is -0.741. The number of aliphatic hydroxyl groups is 2. The number of nitrogens with one attached hydrogen (secondary N) is 1. The fourth-order valence-corrected chi connectivity index (χ4v) is 1.65. The summed E-state index contributed by atoms with van der Waals surface area (Å²) in [5, 5.41) is 30.9. The van der Waals surface area contributed by atoms with Crippen molar-refractivity contribution in [3.8, 4) is 0 Å². The SMILES string of the molecule is CCC(CO)(CO)Nc1cnc(C(C)C)nc1C(=O)O. The molecule has 1 heterocycles. The number of carboxylic acid groups (broad SMARTS) is 1. The quantitative estimate of drug-likeness (QED) is 0.586. The van der Waals surface area contributed by atoms with E-state index in [9.17, 15) is 20.1 Å². The van der Waals surface area contributed by atoms with Crippen LogP contribution in [0.4, 0.5) is 5.69 Å². The van der Waals surface area contributed by atoms with Crippen molar-refractivity contribution in [3.63, 3.8) is 0 Å². The van der Waals surface area contributed by atoms with E-state index in [2.05, 4.69) is 15.3 Å². The first kappa shape index (κ1) is 16.3. The van der Waals surface area contributed by atoms with Gasteiger partial charge >= 0.3 is 5.97 Å². The molecule has 0 bridgehead atoms. The largest absolute Gasteiger partial charge is 0.476 e. The van der Waals surface area contributed by atoms with Crippen LogP contribution < -0.4 is 5.32 Å². The van der Waals surface area contributed by atoms with Gasteiger partial charge in [0, 0.05) is 5.92 Å². The van der Waals surface area contributed by atoms with Crippen LogP contribution in [-0.2, 0) is 0 Å². The summed E-state index contributed by atoms with van der Waals surface area (Å²) >= 11 is 0. The van der Waals surface area contributed by atoms with Crippen molar-refractivity contribution in [2.75, 3.05) is 18.5 Å². The van der Waals surface area contributed by atoms with Crippen LogP contribution in [0.1, 0.15) is 49.4 Å². The molecule has 0 spiro atoms. The highest BCUT2D eigenvalue weighted by atomic mass is 16.4. The van der Waals surface area contributed by atoms with Crippen molar-refractivity contribution in [2.24, 2.45) is 0 Å². The summed E-state index contributed by atoms with van der Waals surface area (Å²) in [6, 6.07) is 0. The van der Waals surface area contributed by atoms with E-state index in [0.717, 1.165) is 0 Å². The lowest BCUT2D eigenvalue weighted by Crippen LogP contribution is -2.45. The second-order valence-corrected chi connectivity index (χ2v) is 5.03. The van der Waals surface area contributed by atoms with Crippen molar-refractivity contribution < 1.29 is 20.1 Å². The van der Waals surface area contributed by atoms with Crippen molar-refractivity contribution >= 4 is 11.7 Å². The van der Waals surface area contributed by atoms with Crippen LogP contribution in [0.25, 0.3) is 0 Å². The van der Waals surface area contributed by atoms with Crippen LogP contribution in [0.3, 0.4) is 0 Å². The van der Waals surface area contributed by atoms with E-state index in [1.165, 1.54) is 6.20 Å². The Labute approximate surface area is 117 Å². The molecule has 0 amide bonds. The van der Waals surface area contributed by atoms with Gasteiger partial charge in [0.15, 0.2) is 5.69 Å². The lowest BCUT2D eigenvalue weighted by Gasteiger charge is -2.31. The molecule has 0 aliphatic heterocycles. The van der Waals surface area contributed by atoms with Gasteiger partial charge in [0.1, 0.15) is 5.82 Å². The molecule has 0 atom stereocenters. The van der Waals surface area contributed by atoms with Crippen LogP contribution in [-0.4, -0.2) is 50.0 Å². The summed E-state index contributed by atoms with van der Waals surface area (Å²) in [7, 11) is 0. The Morgan fingerprint density at radius 2 is 2.00 bits per heavy atom. The molecule has 0 aliphatic rings. The highest BCUT2D eigenvalue weighted by Crippen LogP contribution is 2.22. The minimum Gasteiger partial charge on any atom is -0.476 e. The fraction of sp³-hybridized carbons (Fsp3) is 0.615. The highest BCUT2D eigenvalue weighted by Gasteiger charge is 2.29. The Balaban J connectivity index is 3.21. The Bertz CT molecular complexity index is 464. The summed E-state index contributed by atoms with van der Waals surface area (Å²) in [5.41, 5.74) is -0.970. The summed E-state index contributed by atoms with van der Waals surface area (Å²) in [6.45, 7) is 4.86. The van der Waals surface area contributed by atoms with Crippen molar-refractivity contribution in [3.05, 3.63) is 17.7 Å². The van der Waals surface area contributed by atoms with Gasteiger partial charge in [0.2, 0.25) is 0 Å². The van der Waals surface area contributed by atoms with Gasteiger partial charge in [-0.15, -0.1) is 0 Å². The predicted octanol–water partition coefficient (Wildman–Crippen LogP) is 0.843. The van der Waals surface area contributed by atoms with E-state index in [0.29, 0.717) is 12.2 Å². The molecule has 0 saturated heterocycles. The number of aromatic carboxylic acids is 1. The molecular formula is C13H21N3O4. The maximum Gasteiger partial charge on any atom is 0.356 e. The number of aromatic nitrogens is 2.